The summed E-state index contributed by atoms with van der Waals surface area (Å²) in [5.41, 5.74) is 1.02. The van der Waals surface area contributed by atoms with Crippen molar-refractivity contribution in [3.63, 3.8) is 0 Å². The summed E-state index contributed by atoms with van der Waals surface area (Å²) < 4.78 is 11.6. The smallest absolute Gasteiger partial charge is 0.169 e. The van der Waals surface area contributed by atoms with E-state index in [9.17, 15) is 0 Å². The molecule has 2 rings (SSSR count). The van der Waals surface area contributed by atoms with Crippen LogP contribution in [-0.4, -0.2) is 13.2 Å². The Balaban J connectivity index is 2.26. The van der Waals surface area contributed by atoms with Crippen LogP contribution < -0.4 is 14.8 Å². The molecule has 0 bridgehead atoms. The van der Waals surface area contributed by atoms with Gasteiger partial charge in [-0.1, -0.05) is 30.7 Å². The van der Waals surface area contributed by atoms with E-state index in [2.05, 4.69) is 12.2 Å². The minimum absolute atomic E-state index is 0.602. The number of benzene rings is 2. The van der Waals surface area contributed by atoms with Gasteiger partial charge in [-0.25, -0.2) is 0 Å². The summed E-state index contributed by atoms with van der Waals surface area (Å²) >= 11 is 6.07. The molecule has 1 N–H and O–H groups in total. The molecule has 2 aromatic carbocycles. The first-order valence-electron chi connectivity index (χ1n) is 7.13. The average molecular weight is 306 g/mol. The molecule has 0 saturated carbocycles. The molecule has 112 valence electrons. The van der Waals surface area contributed by atoms with Gasteiger partial charge in [0.25, 0.3) is 0 Å². The molecule has 0 radical (unpaired) electrons. The van der Waals surface area contributed by atoms with Gasteiger partial charge >= 0.3 is 0 Å². The second-order valence-electron chi connectivity index (χ2n) is 4.51. The van der Waals surface area contributed by atoms with Crippen LogP contribution in [-0.2, 0) is 6.54 Å². The predicted octanol–water partition coefficient (Wildman–Crippen LogP) is 4.64. The van der Waals surface area contributed by atoms with Crippen LogP contribution in [0.4, 0.5) is 0 Å². The highest BCUT2D eigenvalue weighted by Crippen LogP contribution is 2.33. The molecule has 0 heterocycles. The Morgan fingerprint density at radius 3 is 2.48 bits per heavy atom. The molecule has 0 aromatic heterocycles. The molecule has 3 nitrogen and oxygen atoms in total. The van der Waals surface area contributed by atoms with Crippen LogP contribution in [0.3, 0.4) is 0 Å². The number of rotatable bonds is 7. The van der Waals surface area contributed by atoms with E-state index in [1.807, 2.05) is 49.4 Å². The van der Waals surface area contributed by atoms with E-state index in [1.165, 1.54) is 0 Å². The van der Waals surface area contributed by atoms with E-state index in [1.54, 1.807) is 0 Å². The minimum atomic E-state index is 0.602. The summed E-state index contributed by atoms with van der Waals surface area (Å²) in [6.45, 7) is 6.22. The van der Waals surface area contributed by atoms with E-state index in [4.69, 9.17) is 21.1 Å². The van der Waals surface area contributed by atoms with Crippen LogP contribution in [0.2, 0.25) is 5.02 Å². The molecule has 0 saturated heterocycles. The van der Waals surface area contributed by atoms with Gasteiger partial charge in [-0.05, 0) is 43.8 Å². The molecule has 4 heteroatoms. The summed E-state index contributed by atoms with van der Waals surface area (Å²) in [6, 6.07) is 13.3. The Morgan fingerprint density at radius 1 is 1.00 bits per heavy atom. The van der Waals surface area contributed by atoms with Crippen molar-refractivity contribution in [1.29, 1.82) is 0 Å². The zero-order chi connectivity index (χ0) is 15.1. The number of ether oxygens (including phenoxy) is 2. The average Bonchev–Trinajstić information content (AvgIpc) is 2.49. The van der Waals surface area contributed by atoms with Crippen LogP contribution >= 0.6 is 11.6 Å². The van der Waals surface area contributed by atoms with Crippen molar-refractivity contribution in [3.05, 3.63) is 53.1 Å². The van der Waals surface area contributed by atoms with Crippen molar-refractivity contribution in [2.45, 2.75) is 20.4 Å². The number of nitrogens with one attached hydrogen (secondary N) is 1. The van der Waals surface area contributed by atoms with Crippen molar-refractivity contribution in [2.75, 3.05) is 13.2 Å². The first-order chi connectivity index (χ1) is 10.2. The molecule has 2 aromatic rings. The topological polar surface area (TPSA) is 30.5 Å². The lowest BCUT2D eigenvalue weighted by Crippen LogP contribution is -2.12. The van der Waals surface area contributed by atoms with Crippen molar-refractivity contribution in [1.82, 2.24) is 5.32 Å². The minimum Gasteiger partial charge on any atom is -0.490 e. The Bertz CT molecular complexity index is 587. The fourth-order valence-corrected chi connectivity index (χ4v) is 2.17. The lowest BCUT2D eigenvalue weighted by Gasteiger charge is -2.14. The van der Waals surface area contributed by atoms with Gasteiger partial charge in [-0.2, -0.15) is 0 Å². The molecule has 0 fully saturated rings. The molecule has 0 aliphatic rings. The Hall–Kier alpha value is -1.71. The Morgan fingerprint density at radius 2 is 1.76 bits per heavy atom. The Kier molecular flexibility index (Phi) is 5.90. The second-order valence-corrected chi connectivity index (χ2v) is 4.95. The van der Waals surface area contributed by atoms with E-state index < -0.39 is 0 Å². The van der Waals surface area contributed by atoms with Crippen molar-refractivity contribution in [3.8, 4) is 17.2 Å². The fraction of sp³-hybridized carbons (Fsp3) is 0.294. The molecule has 21 heavy (non-hydrogen) atoms. The summed E-state index contributed by atoms with van der Waals surface area (Å²) in [7, 11) is 0. The van der Waals surface area contributed by atoms with Gasteiger partial charge in [0.2, 0.25) is 0 Å². The third kappa shape index (κ3) is 4.38. The van der Waals surface area contributed by atoms with Crippen LogP contribution in [0.25, 0.3) is 0 Å². The summed E-state index contributed by atoms with van der Waals surface area (Å²) in [4.78, 5) is 0. The molecular formula is C17H20ClNO2. The zero-order valence-electron chi connectivity index (χ0n) is 12.4. The fourth-order valence-electron chi connectivity index (χ4n) is 1.97. The third-order valence-electron chi connectivity index (χ3n) is 2.96. The first-order valence-corrected chi connectivity index (χ1v) is 7.51. The van der Waals surface area contributed by atoms with Crippen molar-refractivity contribution >= 4 is 11.6 Å². The van der Waals surface area contributed by atoms with Gasteiger partial charge in [-0.15, -0.1) is 0 Å². The molecule has 0 unspecified atom stereocenters. The summed E-state index contributed by atoms with van der Waals surface area (Å²) in [5.74, 6) is 2.23. The highest BCUT2D eigenvalue weighted by atomic mass is 35.5. The third-order valence-corrected chi connectivity index (χ3v) is 3.19. The van der Waals surface area contributed by atoms with Gasteiger partial charge in [0, 0.05) is 17.1 Å². The largest absolute Gasteiger partial charge is 0.490 e. The van der Waals surface area contributed by atoms with Crippen molar-refractivity contribution < 1.29 is 9.47 Å². The lowest BCUT2D eigenvalue weighted by atomic mass is 10.2. The van der Waals surface area contributed by atoms with E-state index >= 15 is 0 Å². The molecular weight excluding hydrogens is 286 g/mol. The van der Waals surface area contributed by atoms with Gasteiger partial charge in [-0.3, -0.25) is 0 Å². The summed E-state index contributed by atoms with van der Waals surface area (Å²) in [6.07, 6.45) is 0. The highest BCUT2D eigenvalue weighted by molar-refractivity contribution is 6.30. The maximum atomic E-state index is 6.07. The predicted molar refractivity (Wildman–Crippen MR) is 86.5 cm³/mol. The van der Waals surface area contributed by atoms with E-state index in [0.717, 1.165) is 23.6 Å². The van der Waals surface area contributed by atoms with Crippen LogP contribution in [0, 0.1) is 0 Å². The van der Waals surface area contributed by atoms with Crippen LogP contribution in [0.15, 0.2) is 42.5 Å². The number of hydrogen-bond donors (Lipinski definition) is 1. The molecule has 0 aliphatic heterocycles. The van der Waals surface area contributed by atoms with E-state index in [-0.39, 0.29) is 0 Å². The van der Waals surface area contributed by atoms with Crippen molar-refractivity contribution in [2.24, 2.45) is 0 Å². The zero-order valence-corrected chi connectivity index (χ0v) is 13.1. The molecule has 0 atom stereocenters. The first kappa shape index (κ1) is 15.7. The number of halogens is 1. The van der Waals surface area contributed by atoms with Gasteiger partial charge < -0.3 is 14.8 Å². The maximum Gasteiger partial charge on any atom is 0.169 e. The second kappa shape index (κ2) is 7.91. The standard InChI is InChI=1S/C17H20ClNO2/c1-3-19-12-13-11-14(18)9-10-15(13)21-17-8-6-5-7-16(17)20-4-2/h5-11,19H,3-4,12H2,1-2H3. The highest BCUT2D eigenvalue weighted by Gasteiger charge is 2.09. The molecule has 0 spiro atoms. The molecule has 0 amide bonds. The van der Waals surface area contributed by atoms with Crippen LogP contribution in [0.5, 0.6) is 17.2 Å². The normalized spacial score (nSPS) is 10.4. The number of hydrogen-bond acceptors (Lipinski definition) is 3. The van der Waals surface area contributed by atoms with Gasteiger partial charge in [0.05, 0.1) is 6.61 Å². The Labute approximate surface area is 130 Å². The monoisotopic (exact) mass is 305 g/mol. The summed E-state index contributed by atoms with van der Waals surface area (Å²) in [5, 5.41) is 3.99. The number of para-hydroxylation sites is 2. The van der Waals surface area contributed by atoms with Gasteiger partial charge in [0.15, 0.2) is 11.5 Å². The van der Waals surface area contributed by atoms with Gasteiger partial charge in [0.1, 0.15) is 5.75 Å². The SMILES string of the molecule is CCNCc1cc(Cl)ccc1Oc1ccccc1OCC. The lowest BCUT2D eigenvalue weighted by molar-refractivity contribution is 0.321. The molecule has 0 aliphatic carbocycles. The quantitative estimate of drug-likeness (QED) is 0.808. The van der Waals surface area contributed by atoms with E-state index in [0.29, 0.717) is 23.9 Å². The van der Waals surface area contributed by atoms with Crippen LogP contribution in [0.1, 0.15) is 19.4 Å². The maximum absolute atomic E-state index is 6.07.